The number of hydrogen-bond donors (Lipinski definition) is 1. The van der Waals surface area contributed by atoms with Crippen molar-refractivity contribution < 1.29 is 19.3 Å². The fourth-order valence-corrected chi connectivity index (χ4v) is 3.37. The van der Waals surface area contributed by atoms with Gasteiger partial charge in [-0.25, -0.2) is 4.79 Å². The van der Waals surface area contributed by atoms with Crippen molar-refractivity contribution in [2.24, 2.45) is 0 Å². The lowest BCUT2D eigenvalue weighted by molar-refractivity contribution is -0.384. The monoisotopic (exact) mass is 410 g/mol. The molecule has 0 spiro atoms. The zero-order valence-electron chi connectivity index (χ0n) is 16.7. The predicted octanol–water partition coefficient (Wildman–Crippen LogP) is 2.41. The first-order valence-corrected chi connectivity index (χ1v) is 9.47. The van der Waals surface area contributed by atoms with Crippen LogP contribution in [0.2, 0.25) is 0 Å². The van der Waals surface area contributed by atoms with Crippen LogP contribution in [0.5, 0.6) is 0 Å². The lowest BCUT2D eigenvalue weighted by Crippen LogP contribution is -2.44. The van der Waals surface area contributed by atoms with Gasteiger partial charge in [-0.3, -0.25) is 24.6 Å². The van der Waals surface area contributed by atoms with Gasteiger partial charge in [0, 0.05) is 25.2 Å². The van der Waals surface area contributed by atoms with Gasteiger partial charge in [-0.05, 0) is 37.1 Å². The molecule has 1 saturated heterocycles. The van der Waals surface area contributed by atoms with E-state index in [9.17, 15) is 24.5 Å². The van der Waals surface area contributed by atoms with E-state index in [2.05, 4.69) is 5.32 Å². The highest BCUT2D eigenvalue weighted by molar-refractivity contribution is 6.09. The van der Waals surface area contributed by atoms with Crippen molar-refractivity contribution in [3.05, 3.63) is 75.8 Å². The van der Waals surface area contributed by atoms with Crippen molar-refractivity contribution in [1.29, 1.82) is 0 Å². The molecule has 2 aromatic carbocycles. The molecule has 3 rings (SSSR count). The molecule has 1 heterocycles. The summed E-state index contributed by atoms with van der Waals surface area (Å²) in [6.07, 6.45) is 0. The quantitative estimate of drug-likeness (QED) is 0.428. The number of nitrogens with zero attached hydrogens (tertiary/aromatic N) is 3. The van der Waals surface area contributed by atoms with E-state index in [1.165, 1.54) is 31.2 Å². The third-order valence-electron chi connectivity index (χ3n) is 5.17. The summed E-state index contributed by atoms with van der Waals surface area (Å²) in [5, 5.41) is 13.4. The largest absolute Gasteiger partial charge is 0.337 e. The molecule has 1 aliphatic heterocycles. The molecular weight excluding hydrogens is 388 g/mol. The van der Waals surface area contributed by atoms with Crippen LogP contribution in [0.4, 0.5) is 10.5 Å². The molecule has 0 aromatic heterocycles. The number of rotatable bonds is 7. The lowest BCUT2D eigenvalue weighted by atomic mass is 9.92. The van der Waals surface area contributed by atoms with E-state index in [0.717, 1.165) is 10.5 Å². The maximum Gasteiger partial charge on any atom is 0.325 e. The van der Waals surface area contributed by atoms with Gasteiger partial charge in [0.05, 0.1) is 4.92 Å². The Morgan fingerprint density at radius 2 is 1.77 bits per heavy atom. The molecule has 156 valence electrons. The van der Waals surface area contributed by atoms with Gasteiger partial charge in [-0.2, -0.15) is 0 Å². The van der Waals surface area contributed by atoms with Crippen molar-refractivity contribution in [1.82, 2.24) is 15.1 Å². The van der Waals surface area contributed by atoms with Crippen molar-refractivity contribution in [2.45, 2.75) is 25.9 Å². The first-order valence-electron chi connectivity index (χ1n) is 9.47. The lowest BCUT2D eigenvalue weighted by Gasteiger charge is -2.24. The number of amides is 4. The molecule has 0 saturated carbocycles. The Kier molecular flexibility index (Phi) is 5.81. The normalized spacial score (nSPS) is 18.3. The summed E-state index contributed by atoms with van der Waals surface area (Å²) in [7, 11) is 0. The molecular formula is C21H22N4O5. The molecule has 1 atom stereocenters. The number of urea groups is 1. The molecule has 0 radical (unpaired) electrons. The maximum absolute atomic E-state index is 13.0. The molecule has 1 aliphatic rings. The number of likely N-dealkylation sites (N-methyl/N-ethyl adjacent to an activating group) is 1. The Balaban J connectivity index is 1.75. The first-order chi connectivity index (χ1) is 14.3. The summed E-state index contributed by atoms with van der Waals surface area (Å²) >= 11 is 0. The SMILES string of the molecule is CCN(Cc1ccccc1)C(=O)CN1C(=O)N[C@](C)(c2ccc([N+](=O)[O-])cc2)C1=O. The fraction of sp³-hybridized carbons (Fsp3) is 0.286. The van der Waals surface area contributed by atoms with E-state index in [0.29, 0.717) is 18.7 Å². The summed E-state index contributed by atoms with van der Waals surface area (Å²) in [5.41, 5.74) is -0.174. The Bertz CT molecular complexity index is 977. The fourth-order valence-electron chi connectivity index (χ4n) is 3.37. The average molecular weight is 410 g/mol. The number of nitro groups is 1. The maximum atomic E-state index is 13.0. The molecule has 0 unspecified atom stereocenters. The highest BCUT2D eigenvalue weighted by atomic mass is 16.6. The van der Waals surface area contributed by atoms with Gasteiger partial charge in [-0.1, -0.05) is 30.3 Å². The summed E-state index contributed by atoms with van der Waals surface area (Å²) in [6.45, 7) is 3.76. The molecule has 30 heavy (non-hydrogen) atoms. The average Bonchev–Trinajstić information content (AvgIpc) is 2.96. The summed E-state index contributed by atoms with van der Waals surface area (Å²) < 4.78 is 0. The van der Waals surface area contributed by atoms with Gasteiger partial charge in [0.1, 0.15) is 12.1 Å². The van der Waals surface area contributed by atoms with Gasteiger partial charge in [0.25, 0.3) is 11.6 Å². The Labute approximate surface area is 173 Å². The number of carbonyl (C=O) groups excluding carboxylic acids is 3. The van der Waals surface area contributed by atoms with Crippen molar-refractivity contribution >= 4 is 23.5 Å². The van der Waals surface area contributed by atoms with E-state index in [1.54, 1.807) is 4.90 Å². The van der Waals surface area contributed by atoms with E-state index in [4.69, 9.17) is 0 Å². The Morgan fingerprint density at radius 3 is 2.33 bits per heavy atom. The number of non-ortho nitro benzene ring substituents is 1. The van der Waals surface area contributed by atoms with Crippen LogP contribution in [0.25, 0.3) is 0 Å². The van der Waals surface area contributed by atoms with E-state index >= 15 is 0 Å². The van der Waals surface area contributed by atoms with Crippen LogP contribution in [0.1, 0.15) is 25.0 Å². The van der Waals surface area contributed by atoms with Crippen molar-refractivity contribution in [3.8, 4) is 0 Å². The molecule has 9 heteroatoms. The summed E-state index contributed by atoms with van der Waals surface area (Å²) in [6, 6.07) is 14.1. The standard InChI is InChI=1S/C21H22N4O5/c1-3-23(13-15-7-5-4-6-8-15)18(26)14-24-19(27)21(2,22-20(24)28)16-9-11-17(12-10-16)25(29)30/h4-12H,3,13-14H2,1-2H3,(H,22,28)/t21-/m1/s1. The predicted molar refractivity (Wildman–Crippen MR) is 108 cm³/mol. The second-order valence-electron chi connectivity index (χ2n) is 7.14. The third kappa shape index (κ3) is 4.00. The minimum absolute atomic E-state index is 0.120. The third-order valence-corrected chi connectivity index (χ3v) is 5.17. The number of hydrogen-bond acceptors (Lipinski definition) is 5. The number of carbonyl (C=O) groups is 3. The van der Waals surface area contributed by atoms with E-state index < -0.39 is 22.4 Å². The van der Waals surface area contributed by atoms with Gasteiger partial charge in [0.2, 0.25) is 5.91 Å². The minimum Gasteiger partial charge on any atom is -0.337 e. The molecule has 1 fully saturated rings. The van der Waals surface area contributed by atoms with E-state index in [1.807, 2.05) is 37.3 Å². The summed E-state index contributed by atoms with van der Waals surface area (Å²) in [5.74, 6) is -0.928. The number of benzene rings is 2. The highest BCUT2D eigenvalue weighted by Crippen LogP contribution is 2.30. The summed E-state index contributed by atoms with van der Waals surface area (Å²) in [4.78, 5) is 51.0. The molecule has 1 N–H and O–H groups in total. The Hall–Kier alpha value is -3.75. The second kappa shape index (κ2) is 8.32. The molecule has 4 amide bonds. The molecule has 0 aliphatic carbocycles. The zero-order chi connectivity index (χ0) is 21.9. The Morgan fingerprint density at radius 1 is 1.13 bits per heavy atom. The zero-order valence-corrected chi connectivity index (χ0v) is 16.7. The first kappa shape index (κ1) is 21.0. The van der Waals surface area contributed by atoms with Crippen LogP contribution >= 0.6 is 0 Å². The smallest absolute Gasteiger partial charge is 0.325 e. The van der Waals surface area contributed by atoms with Crippen molar-refractivity contribution in [3.63, 3.8) is 0 Å². The molecule has 0 bridgehead atoms. The van der Waals surface area contributed by atoms with Gasteiger partial charge < -0.3 is 10.2 Å². The second-order valence-corrected chi connectivity index (χ2v) is 7.14. The van der Waals surface area contributed by atoms with Crippen LogP contribution in [0, 0.1) is 10.1 Å². The topological polar surface area (TPSA) is 113 Å². The van der Waals surface area contributed by atoms with Gasteiger partial charge >= 0.3 is 6.03 Å². The van der Waals surface area contributed by atoms with Gasteiger partial charge in [0.15, 0.2) is 0 Å². The van der Waals surface area contributed by atoms with Crippen LogP contribution in [-0.2, 0) is 21.7 Å². The van der Waals surface area contributed by atoms with Crippen molar-refractivity contribution in [2.75, 3.05) is 13.1 Å². The number of imide groups is 1. The molecule has 2 aromatic rings. The molecule has 9 nitrogen and oxygen atoms in total. The minimum atomic E-state index is -1.40. The highest BCUT2D eigenvalue weighted by Gasteiger charge is 2.49. The van der Waals surface area contributed by atoms with Gasteiger partial charge in [-0.15, -0.1) is 0 Å². The van der Waals surface area contributed by atoms with E-state index in [-0.39, 0.29) is 18.1 Å². The van der Waals surface area contributed by atoms with Crippen LogP contribution < -0.4 is 5.32 Å². The number of nitro benzene ring substituents is 1. The van der Waals surface area contributed by atoms with Crippen LogP contribution in [0.15, 0.2) is 54.6 Å². The number of nitrogens with one attached hydrogen (secondary N) is 1. The van der Waals surface area contributed by atoms with Crippen LogP contribution in [0.3, 0.4) is 0 Å². The van der Waals surface area contributed by atoms with Crippen LogP contribution in [-0.4, -0.2) is 45.7 Å².